The van der Waals surface area contributed by atoms with Crippen LogP contribution in [0.2, 0.25) is 0 Å². The van der Waals surface area contributed by atoms with Crippen LogP contribution in [0.3, 0.4) is 0 Å². The highest BCUT2D eigenvalue weighted by Gasteiger charge is 2.34. The number of ketones is 1. The lowest BCUT2D eigenvalue weighted by atomic mass is 10.0. The highest BCUT2D eigenvalue weighted by atomic mass is 16.5. The molecule has 1 atom stereocenters. The van der Waals surface area contributed by atoms with Crippen LogP contribution in [-0.2, 0) is 4.79 Å². The van der Waals surface area contributed by atoms with Gasteiger partial charge in [0.1, 0.15) is 0 Å². The van der Waals surface area contributed by atoms with Crippen LogP contribution in [0.5, 0.6) is 5.88 Å². The van der Waals surface area contributed by atoms with E-state index in [1.54, 1.807) is 22.8 Å². The van der Waals surface area contributed by atoms with E-state index in [0.717, 1.165) is 16.7 Å². The molecule has 8 nitrogen and oxygen atoms in total. The lowest BCUT2D eigenvalue weighted by Gasteiger charge is -2.09. The summed E-state index contributed by atoms with van der Waals surface area (Å²) in [5.41, 5.74) is 3.65. The molecular formula is C23H19N5O3. The fraction of sp³-hybridized carbons (Fsp3) is 0.174. The van der Waals surface area contributed by atoms with Crippen LogP contribution in [0.1, 0.15) is 35.2 Å². The number of ether oxygens (including phenoxy) is 1. The second-order valence-corrected chi connectivity index (χ2v) is 7.20. The number of nitrogens with zero attached hydrogens (tertiary/aromatic N) is 4. The zero-order valence-corrected chi connectivity index (χ0v) is 16.8. The van der Waals surface area contributed by atoms with Crippen LogP contribution in [0, 0.1) is 0 Å². The molecule has 0 aliphatic heterocycles. The topological polar surface area (TPSA) is 98.5 Å². The summed E-state index contributed by atoms with van der Waals surface area (Å²) in [5.74, 6) is -0.113. The summed E-state index contributed by atoms with van der Waals surface area (Å²) >= 11 is 0. The number of amides is 1. The van der Waals surface area contributed by atoms with E-state index < -0.39 is 5.92 Å². The Morgan fingerprint density at radius 2 is 2.00 bits per heavy atom. The van der Waals surface area contributed by atoms with Crippen molar-refractivity contribution >= 4 is 23.3 Å². The predicted molar refractivity (Wildman–Crippen MR) is 114 cm³/mol. The van der Waals surface area contributed by atoms with Crippen LogP contribution in [0.25, 0.3) is 16.8 Å². The van der Waals surface area contributed by atoms with E-state index in [4.69, 9.17) is 4.74 Å². The molecule has 1 aromatic carbocycles. The number of nitrogens with one attached hydrogen (secondary N) is 1. The smallest absolute Gasteiger partial charge is 0.249 e. The maximum Gasteiger partial charge on any atom is 0.249 e. The lowest BCUT2D eigenvalue weighted by molar-refractivity contribution is -0.117. The van der Waals surface area contributed by atoms with Crippen LogP contribution in [0.4, 0.5) is 5.95 Å². The van der Waals surface area contributed by atoms with Crippen LogP contribution < -0.4 is 10.1 Å². The number of benzene rings is 1. The first-order chi connectivity index (χ1) is 15.1. The number of carbonyl (C=O) groups is 2. The van der Waals surface area contributed by atoms with Gasteiger partial charge in [-0.05, 0) is 36.8 Å². The van der Waals surface area contributed by atoms with Crippen molar-refractivity contribution in [3.63, 3.8) is 0 Å². The van der Waals surface area contributed by atoms with Crippen molar-refractivity contribution in [2.45, 2.75) is 19.3 Å². The Morgan fingerprint density at radius 1 is 1.16 bits per heavy atom. The zero-order chi connectivity index (χ0) is 21.4. The van der Waals surface area contributed by atoms with Gasteiger partial charge in [-0.3, -0.25) is 14.9 Å². The molecule has 31 heavy (non-hydrogen) atoms. The molecule has 1 aliphatic carbocycles. The molecule has 8 heteroatoms. The van der Waals surface area contributed by atoms with Crippen LogP contribution in [0.15, 0.2) is 60.9 Å². The van der Waals surface area contributed by atoms with Crippen molar-refractivity contribution in [2.24, 2.45) is 0 Å². The van der Waals surface area contributed by atoms with E-state index in [1.807, 2.05) is 49.5 Å². The van der Waals surface area contributed by atoms with Crippen molar-refractivity contribution < 1.29 is 14.3 Å². The molecule has 0 unspecified atom stereocenters. The SMILES string of the molecule is CCOc1ncccc1-c1ccc2nc(NC(=O)[C@@H]3CC(=O)c4ccccc43)nn2c1. The minimum Gasteiger partial charge on any atom is -0.478 e. The third-order valence-corrected chi connectivity index (χ3v) is 5.27. The monoisotopic (exact) mass is 413 g/mol. The van der Waals surface area contributed by atoms with Crippen molar-refractivity contribution in [1.29, 1.82) is 0 Å². The van der Waals surface area contributed by atoms with Crippen LogP contribution >= 0.6 is 0 Å². The number of anilines is 1. The van der Waals surface area contributed by atoms with Gasteiger partial charge in [0.05, 0.1) is 12.5 Å². The Morgan fingerprint density at radius 3 is 2.87 bits per heavy atom. The molecule has 0 saturated carbocycles. The molecule has 0 saturated heterocycles. The highest BCUT2D eigenvalue weighted by molar-refractivity contribution is 6.09. The van der Waals surface area contributed by atoms with Gasteiger partial charge in [-0.15, -0.1) is 5.10 Å². The number of fused-ring (bicyclic) bond motifs is 2. The Hall–Kier alpha value is -4.07. The minimum atomic E-state index is -0.532. The Balaban J connectivity index is 1.41. The molecule has 3 aromatic heterocycles. The number of pyridine rings is 2. The van der Waals surface area contributed by atoms with Gasteiger partial charge < -0.3 is 4.74 Å². The Labute approximate surface area is 177 Å². The van der Waals surface area contributed by atoms with Crippen LogP contribution in [-0.4, -0.2) is 37.9 Å². The molecule has 5 rings (SSSR count). The van der Waals surface area contributed by atoms with Crippen molar-refractivity contribution in [2.75, 3.05) is 11.9 Å². The molecule has 1 aliphatic rings. The second kappa shape index (κ2) is 7.64. The minimum absolute atomic E-state index is 0.0232. The van der Waals surface area contributed by atoms with Gasteiger partial charge in [-0.1, -0.05) is 24.3 Å². The Kier molecular flexibility index (Phi) is 4.66. The van der Waals surface area contributed by atoms with Gasteiger partial charge >= 0.3 is 0 Å². The number of rotatable bonds is 5. The predicted octanol–water partition coefficient (Wildman–Crippen LogP) is 3.50. The third-order valence-electron chi connectivity index (χ3n) is 5.27. The van der Waals surface area contributed by atoms with E-state index in [2.05, 4.69) is 20.4 Å². The molecule has 0 radical (unpaired) electrons. The van der Waals surface area contributed by atoms with Gasteiger partial charge in [0, 0.05) is 35.5 Å². The average molecular weight is 413 g/mol. The van der Waals surface area contributed by atoms with Crippen molar-refractivity contribution in [3.05, 3.63) is 72.1 Å². The van der Waals surface area contributed by atoms with Crippen molar-refractivity contribution in [3.8, 4) is 17.0 Å². The molecule has 154 valence electrons. The molecule has 1 amide bonds. The molecule has 0 bridgehead atoms. The number of hydrogen-bond donors (Lipinski definition) is 1. The summed E-state index contributed by atoms with van der Waals surface area (Å²) in [7, 11) is 0. The number of hydrogen-bond acceptors (Lipinski definition) is 6. The quantitative estimate of drug-likeness (QED) is 0.538. The summed E-state index contributed by atoms with van der Waals surface area (Å²) in [6.07, 6.45) is 3.65. The summed E-state index contributed by atoms with van der Waals surface area (Å²) in [4.78, 5) is 33.7. The van der Waals surface area contributed by atoms with Gasteiger partial charge in [-0.2, -0.15) is 4.98 Å². The second-order valence-electron chi connectivity index (χ2n) is 7.20. The third kappa shape index (κ3) is 3.42. The first-order valence-corrected chi connectivity index (χ1v) is 10.0. The first kappa shape index (κ1) is 18.9. The maximum atomic E-state index is 12.8. The fourth-order valence-electron chi connectivity index (χ4n) is 3.85. The first-order valence-electron chi connectivity index (χ1n) is 10.0. The molecule has 3 heterocycles. The molecule has 0 fully saturated rings. The maximum absolute atomic E-state index is 12.8. The largest absolute Gasteiger partial charge is 0.478 e. The molecule has 4 aromatic rings. The standard InChI is InChI=1S/C23H19N5O3/c1-2-31-22-15(8-5-11-24-22)14-9-10-20-25-23(27-28(20)13-14)26-21(30)18-12-19(29)17-7-4-3-6-16(17)18/h3-11,13,18H,2,12H2,1H3,(H,26,27,30)/t18-/m1/s1. The summed E-state index contributed by atoms with van der Waals surface area (Å²) in [6, 6.07) is 14.7. The van der Waals surface area contributed by atoms with E-state index in [1.165, 1.54) is 0 Å². The van der Waals surface area contributed by atoms with Gasteiger partial charge in [-0.25, -0.2) is 9.50 Å². The summed E-state index contributed by atoms with van der Waals surface area (Å²) < 4.78 is 7.21. The number of Topliss-reactive ketones (excluding diaryl/α,β-unsaturated/α-hetero) is 1. The van der Waals surface area contributed by atoms with Gasteiger partial charge in [0.15, 0.2) is 11.4 Å². The van der Waals surface area contributed by atoms with Crippen molar-refractivity contribution in [1.82, 2.24) is 19.6 Å². The van der Waals surface area contributed by atoms with E-state index in [9.17, 15) is 9.59 Å². The van der Waals surface area contributed by atoms with E-state index in [0.29, 0.717) is 23.7 Å². The number of carbonyl (C=O) groups excluding carboxylic acids is 2. The highest BCUT2D eigenvalue weighted by Crippen LogP contribution is 2.33. The molecule has 1 N–H and O–H groups in total. The summed E-state index contributed by atoms with van der Waals surface area (Å²) in [6.45, 7) is 2.42. The Bertz CT molecular complexity index is 1310. The van der Waals surface area contributed by atoms with E-state index >= 15 is 0 Å². The molecular weight excluding hydrogens is 394 g/mol. The summed E-state index contributed by atoms with van der Waals surface area (Å²) in [5, 5.41) is 7.14. The number of aromatic nitrogens is 4. The van der Waals surface area contributed by atoms with Gasteiger partial charge in [0.2, 0.25) is 17.7 Å². The molecule has 0 spiro atoms. The van der Waals surface area contributed by atoms with Gasteiger partial charge in [0.25, 0.3) is 0 Å². The fourth-order valence-corrected chi connectivity index (χ4v) is 3.85. The lowest BCUT2D eigenvalue weighted by Crippen LogP contribution is -2.20. The zero-order valence-electron chi connectivity index (χ0n) is 16.8. The average Bonchev–Trinajstić information content (AvgIpc) is 3.34. The normalized spacial score (nSPS) is 15.1. The van der Waals surface area contributed by atoms with E-state index in [-0.39, 0.29) is 24.1 Å².